The fourth-order valence-electron chi connectivity index (χ4n) is 3.23. The molecule has 1 atom stereocenters. The first-order valence-corrected chi connectivity index (χ1v) is 8.33. The van der Waals surface area contributed by atoms with Gasteiger partial charge in [0.25, 0.3) is 0 Å². The van der Waals surface area contributed by atoms with Crippen LogP contribution in [0, 0.1) is 0 Å². The van der Waals surface area contributed by atoms with Crippen molar-refractivity contribution in [2.75, 3.05) is 26.4 Å². The van der Waals surface area contributed by atoms with Crippen LogP contribution in [0.1, 0.15) is 31.2 Å². The highest BCUT2D eigenvalue weighted by Gasteiger charge is 2.46. The van der Waals surface area contributed by atoms with Crippen molar-refractivity contribution in [1.29, 1.82) is 0 Å². The van der Waals surface area contributed by atoms with Crippen molar-refractivity contribution in [3.63, 3.8) is 0 Å². The van der Waals surface area contributed by atoms with Crippen LogP contribution >= 0.6 is 0 Å². The second kappa shape index (κ2) is 5.92. The summed E-state index contributed by atoms with van der Waals surface area (Å²) < 4.78 is 16.7. The van der Waals surface area contributed by atoms with Gasteiger partial charge in [-0.25, -0.2) is 4.79 Å². The van der Waals surface area contributed by atoms with Gasteiger partial charge in [0.1, 0.15) is 13.2 Å². The molecule has 6 heteroatoms. The summed E-state index contributed by atoms with van der Waals surface area (Å²) in [6.45, 7) is 2.53. The van der Waals surface area contributed by atoms with Gasteiger partial charge < -0.3 is 24.8 Å². The van der Waals surface area contributed by atoms with Gasteiger partial charge in [0.05, 0.1) is 11.6 Å². The van der Waals surface area contributed by atoms with Crippen molar-refractivity contribution in [3.05, 3.63) is 23.8 Å². The van der Waals surface area contributed by atoms with E-state index in [-0.39, 0.29) is 17.7 Å². The summed E-state index contributed by atoms with van der Waals surface area (Å²) in [6, 6.07) is 5.80. The lowest BCUT2D eigenvalue weighted by Gasteiger charge is -2.23. The van der Waals surface area contributed by atoms with Crippen LogP contribution < -0.4 is 20.1 Å². The number of rotatable bonds is 4. The molecule has 0 radical (unpaired) electrons. The van der Waals surface area contributed by atoms with E-state index in [9.17, 15) is 4.79 Å². The number of benzene rings is 1. The summed E-state index contributed by atoms with van der Waals surface area (Å²) in [5.74, 6) is 1.54. The average Bonchev–Trinajstić information content (AvgIpc) is 3.16. The molecule has 6 nitrogen and oxygen atoms in total. The predicted molar refractivity (Wildman–Crippen MR) is 83.9 cm³/mol. The van der Waals surface area contributed by atoms with Gasteiger partial charge in [0, 0.05) is 13.2 Å². The van der Waals surface area contributed by atoms with E-state index in [0.717, 1.165) is 49.4 Å². The normalized spacial score (nSPS) is 24.1. The summed E-state index contributed by atoms with van der Waals surface area (Å²) in [4.78, 5) is 12.2. The molecule has 1 aliphatic carbocycles. The minimum Gasteiger partial charge on any atom is -0.486 e. The van der Waals surface area contributed by atoms with Gasteiger partial charge >= 0.3 is 6.03 Å². The van der Waals surface area contributed by atoms with Crippen LogP contribution in [-0.4, -0.2) is 38.5 Å². The van der Waals surface area contributed by atoms with Gasteiger partial charge in [0.2, 0.25) is 0 Å². The van der Waals surface area contributed by atoms with Gasteiger partial charge in [-0.2, -0.15) is 0 Å². The Labute approximate surface area is 135 Å². The lowest BCUT2D eigenvalue weighted by atomic mass is 10.0. The van der Waals surface area contributed by atoms with Crippen LogP contribution in [0.2, 0.25) is 0 Å². The summed E-state index contributed by atoms with van der Waals surface area (Å²) in [7, 11) is 0. The minimum atomic E-state index is -0.267. The average molecular weight is 318 g/mol. The molecule has 1 saturated carbocycles. The predicted octanol–water partition coefficient (Wildman–Crippen LogP) is 1.93. The standard InChI is InChI=1S/C17H22N2O4/c20-16(18-11-13-2-1-7-21-13)19-17(5-6-17)12-3-4-14-15(10-12)23-9-8-22-14/h3-4,10,13H,1-2,5-9,11H2,(H2,18,19,20). The first-order chi connectivity index (χ1) is 11.3. The molecule has 1 unspecified atom stereocenters. The van der Waals surface area contributed by atoms with E-state index in [1.165, 1.54) is 0 Å². The van der Waals surface area contributed by atoms with Crippen LogP contribution in [0.25, 0.3) is 0 Å². The summed E-state index contributed by atoms with van der Waals surface area (Å²) in [5.41, 5.74) is 0.810. The Morgan fingerprint density at radius 3 is 2.74 bits per heavy atom. The van der Waals surface area contributed by atoms with Gasteiger partial charge in [-0.1, -0.05) is 6.07 Å². The second-order valence-electron chi connectivity index (χ2n) is 6.41. The maximum Gasteiger partial charge on any atom is 0.315 e. The lowest BCUT2D eigenvalue weighted by Crippen LogP contribution is -2.44. The maximum absolute atomic E-state index is 12.2. The van der Waals surface area contributed by atoms with Crippen LogP contribution in [0.5, 0.6) is 11.5 Å². The molecule has 3 aliphatic rings. The van der Waals surface area contributed by atoms with Crippen molar-refractivity contribution >= 4 is 6.03 Å². The Kier molecular flexibility index (Phi) is 3.77. The Bertz CT molecular complexity index is 594. The molecule has 4 rings (SSSR count). The van der Waals surface area contributed by atoms with E-state index in [1.54, 1.807) is 0 Å². The molecular formula is C17H22N2O4. The summed E-state index contributed by atoms with van der Waals surface area (Å²) in [5, 5.41) is 6.03. The maximum atomic E-state index is 12.2. The molecule has 0 spiro atoms. The van der Waals surface area contributed by atoms with Crippen molar-refractivity contribution in [2.24, 2.45) is 0 Å². The molecule has 23 heavy (non-hydrogen) atoms. The third kappa shape index (κ3) is 3.08. The Morgan fingerprint density at radius 2 is 2.00 bits per heavy atom. The first-order valence-electron chi connectivity index (χ1n) is 8.33. The zero-order valence-corrected chi connectivity index (χ0v) is 13.1. The van der Waals surface area contributed by atoms with Crippen LogP contribution in [-0.2, 0) is 10.3 Å². The largest absolute Gasteiger partial charge is 0.486 e. The van der Waals surface area contributed by atoms with Crippen molar-refractivity contribution in [3.8, 4) is 11.5 Å². The number of urea groups is 1. The third-order valence-corrected chi connectivity index (χ3v) is 4.71. The van der Waals surface area contributed by atoms with Crippen molar-refractivity contribution in [2.45, 2.75) is 37.3 Å². The molecule has 1 aromatic rings. The highest BCUT2D eigenvalue weighted by atomic mass is 16.6. The highest BCUT2D eigenvalue weighted by molar-refractivity contribution is 5.75. The third-order valence-electron chi connectivity index (χ3n) is 4.71. The molecule has 1 saturated heterocycles. The van der Waals surface area contributed by atoms with Crippen molar-refractivity contribution < 1.29 is 19.0 Å². The number of hydrogen-bond acceptors (Lipinski definition) is 4. The molecule has 2 fully saturated rings. The van der Waals surface area contributed by atoms with E-state index in [4.69, 9.17) is 14.2 Å². The van der Waals surface area contributed by atoms with Gasteiger partial charge in [0.15, 0.2) is 11.5 Å². The lowest BCUT2D eigenvalue weighted by molar-refractivity contribution is 0.111. The quantitative estimate of drug-likeness (QED) is 0.890. The molecule has 2 aliphatic heterocycles. The second-order valence-corrected chi connectivity index (χ2v) is 6.41. The topological polar surface area (TPSA) is 68.8 Å². The zero-order valence-electron chi connectivity index (χ0n) is 13.1. The molecule has 2 amide bonds. The minimum absolute atomic E-state index is 0.132. The number of nitrogens with one attached hydrogen (secondary N) is 2. The van der Waals surface area contributed by atoms with E-state index in [2.05, 4.69) is 10.6 Å². The van der Waals surface area contributed by atoms with Crippen LogP contribution in [0.15, 0.2) is 18.2 Å². The molecule has 2 N–H and O–H groups in total. The number of carbonyl (C=O) groups is 1. The fourth-order valence-corrected chi connectivity index (χ4v) is 3.23. The fraction of sp³-hybridized carbons (Fsp3) is 0.588. The molecular weight excluding hydrogens is 296 g/mol. The number of amides is 2. The molecule has 2 heterocycles. The van der Waals surface area contributed by atoms with E-state index < -0.39 is 0 Å². The van der Waals surface area contributed by atoms with Crippen LogP contribution in [0.3, 0.4) is 0 Å². The number of ether oxygens (including phenoxy) is 3. The highest BCUT2D eigenvalue weighted by Crippen LogP contribution is 2.47. The smallest absolute Gasteiger partial charge is 0.315 e. The summed E-state index contributed by atoms with van der Waals surface area (Å²) >= 11 is 0. The van der Waals surface area contributed by atoms with Crippen LogP contribution in [0.4, 0.5) is 4.79 Å². The zero-order chi connectivity index (χ0) is 15.7. The SMILES string of the molecule is O=C(NCC1CCCO1)NC1(c2ccc3c(c2)OCCO3)CC1. The summed E-state index contributed by atoms with van der Waals surface area (Å²) in [6.07, 6.45) is 4.15. The van der Waals surface area contributed by atoms with Gasteiger partial charge in [-0.3, -0.25) is 0 Å². The van der Waals surface area contributed by atoms with Gasteiger partial charge in [-0.05, 0) is 43.4 Å². The molecule has 0 bridgehead atoms. The number of carbonyl (C=O) groups excluding carboxylic acids is 1. The Morgan fingerprint density at radius 1 is 1.17 bits per heavy atom. The monoisotopic (exact) mass is 318 g/mol. The molecule has 124 valence electrons. The molecule has 1 aromatic carbocycles. The van der Waals surface area contributed by atoms with Gasteiger partial charge in [-0.15, -0.1) is 0 Å². The van der Waals surface area contributed by atoms with E-state index in [1.807, 2.05) is 18.2 Å². The Balaban J connectivity index is 1.38. The van der Waals surface area contributed by atoms with Crippen molar-refractivity contribution in [1.82, 2.24) is 10.6 Å². The van der Waals surface area contributed by atoms with E-state index in [0.29, 0.717) is 19.8 Å². The van der Waals surface area contributed by atoms with E-state index >= 15 is 0 Å². The Hall–Kier alpha value is -1.95. The number of fused-ring (bicyclic) bond motifs is 1. The number of hydrogen-bond donors (Lipinski definition) is 2. The molecule has 0 aromatic heterocycles. The first kappa shape index (κ1) is 14.6.